The van der Waals surface area contributed by atoms with Crippen LogP contribution >= 0.6 is 11.3 Å². The fraction of sp³-hybridized carbons (Fsp3) is 0.400. The first-order valence-electron chi connectivity index (χ1n) is 7.06. The zero-order valence-electron chi connectivity index (χ0n) is 12.6. The van der Waals surface area contributed by atoms with Crippen LogP contribution in [0.4, 0.5) is 5.82 Å². The number of rotatable bonds is 6. The number of pyridine rings is 1. The van der Waals surface area contributed by atoms with E-state index in [4.69, 9.17) is 0 Å². The molecule has 0 spiro atoms. The maximum absolute atomic E-state index is 12.3. The van der Waals surface area contributed by atoms with Crippen LogP contribution in [-0.4, -0.2) is 22.4 Å². The molecule has 2 heterocycles. The Morgan fingerprint density at radius 1 is 1.33 bits per heavy atom. The summed E-state index contributed by atoms with van der Waals surface area (Å²) < 4.78 is 0. The number of hydrogen-bond acceptors (Lipinski definition) is 5. The minimum absolute atomic E-state index is 0.0858. The predicted molar refractivity (Wildman–Crippen MR) is 85.8 cm³/mol. The van der Waals surface area contributed by atoms with Crippen molar-refractivity contribution < 1.29 is 4.79 Å². The summed E-state index contributed by atoms with van der Waals surface area (Å²) in [7, 11) is 0. The largest absolute Gasteiger partial charge is 0.370 e. The fourth-order valence-corrected chi connectivity index (χ4v) is 2.66. The highest BCUT2D eigenvalue weighted by Crippen LogP contribution is 2.13. The van der Waals surface area contributed by atoms with Gasteiger partial charge in [0.1, 0.15) is 5.82 Å². The van der Waals surface area contributed by atoms with Gasteiger partial charge >= 0.3 is 0 Å². The molecule has 2 rings (SSSR count). The predicted octanol–water partition coefficient (Wildman–Crippen LogP) is 2.77. The molecule has 0 aliphatic heterocycles. The third kappa shape index (κ3) is 4.26. The van der Waals surface area contributed by atoms with E-state index < -0.39 is 0 Å². The van der Waals surface area contributed by atoms with Gasteiger partial charge < -0.3 is 10.6 Å². The van der Waals surface area contributed by atoms with Crippen molar-refractivity contribution in [2.45, 2.75) is 33.7 Å². The van der Waals surface area contributed by atoms with Gasteiger partial charge in [-0.2, -0.15) is 0 Å². The second-order valence-electron chi connectivity index (χ2n) is 4.64. The standard InChI is InChI=1S/C15H20N4OS/c1-4-12-6-11(7-14(19-12)16-5-2)15(20)18-9-13-8-17-10(3)21-13/h6-8H,4-5,9H2,1-3H3,(H,16,19)(H,18,20). The van der Waals surface area contributed by atoms with Gasteiger partial charge in [-0.3, -0.25) is 4.79 Å². The normalized spacial score (nSPS) is 10.4. The molecule has 0 saturated carbocycles. The first kappa shape index (κ1) is 15.4. The van der Waals surface area contributed by atoms with Gasteiger partial charge in [-0.05, 0) is 32.4 Å². The average Bonchev–Trinajstić information content (AvgIpc) is 2.90. The van der Waals surface area contributed by atoms with Crippen LogP contribution in [0.3, 0.4) is 0 Å². The summed E-state index contributed by atoms with van der Waals surface area (Å²) in [5, 5.41) is 7.09. The van der Waals surface area contributed by atoms with Crippen molar-refractivity contribution in [3.63, 3.8) is 0 Å². The fourth-order valence-electron chi connectivity index (χ4n) is 1.93. The van der Waals surface area contributed by atoms with Crippen molar-refractivity contribution >= 4 is 23.1 Å². The number of aromatic nitrogens is 2. The quantitative estimate of drug-likeness (QED) is 0.861. The van der Waals surface area contributed by atoms with Crippen LogP contribution in [0.5, 0.6) is 0 Å². The van der Waals surface area contributed by atoms with Gasteiger partial charge in [-0.15, -0.1) is 11.3 Å². The summed E-state index contributed by atoms with van der Waals surface area (Å²) in [4.78, 5) is 21.9. The topological polar surface area (TPSA) is 66.9 Å². The van der Waals surface area contributed by atoms with E-state index in [0.717, 1.165) is 34.4 Å². The van der Waals surface area contributed by atoms with Crippen molar-refractivity contribution in [1.29, 1.82) is 0 Å². The maximum atomic E-state index is 12.3. The molecule has 2 N–H and O–H groups in total. The zero-order valence-corrected chi connectivity index (χ0v) is 13.4. The van der Waals surface area contributed by atoms with Gasteiger partial charge in [0.25, 0.3) is 5.91 Å². The van der Waals surface area contributed by atoms with Crippen molar-refractivity contribution in [1.82, 2.24) is 15.3 Å². The Morgan fingerprint density at radius 2 is 2.14 bits per heavy atom. The highest BCUT2D eigenvalue weighted by molar-refractivity contribution is 7.11. The minimum Gasteiger partial charge on any atom is -0.370 e. The lowest BCUT2D eigenvalue weighted by Gasteiger charge is -2.09. The van der Waals surface area contributed by atoms with Gasteiger partial charge in [0.2, 0.25) is 0 Å². The SMILES string of the molecule is CCNc1cc(C(=O)NCc2cnc(C)s2)cc(CC)n1. The molecule has 0 radical (unpaired) electrons. The number of thiazole rings is 1. The number of amides is 1. The molecule has 0 aromatic carbocycles. The zero-order chi connectivity index (χ0) is 15.2. The van der Waals surface area contributed by atoms with Gasteiger partial charge in [-0.25, -0.2) is 9.97 Å². The molecule has 0 unspecified atom stereocenters. The van der Waals surface area contributed by atoms with Gasteiger partial charge in [0, 0.05) is 28.9 Å². The number of hydrogen-bond donors (Lipinski definition) is 2. The molecule has 5 nitrogen and oxygen atoms in total. The molecule has 6 heteroatoms. The molecule has 0 aliphatic rings. The number of carbonyl (C=O) groups is 1. The van der Waals surface area contributed by atoms with Crippen LogP contribution in [0.2, 0.25) is 0 Å². The second kappa shape index (κ2) is 7.17. The minimum atomic E-state index is -0.0858. The Balaban J connectivity index is 2.08. The maximum Gasteiger partial charge on any atom is 0.251 e. The molecule has 2 aromatic heterocycles. The van der Waals surface area contributed by atoms with E-state index in [1.165, 1.54) is 0 Å². The molecule has 112 valence electrons. The molecule has 1 amide bonds. The number of anilines is 1. The van der Waals surface area contributed by atoms with Crippen LogP contribution in [0.25, 0.3) is 0 Å². The first-order chi connectivity index (χ1) is 10.1. The third-order valence-electron chi connectivity index (χ3n) is 2.95. The smallest absolute Gasteiger partial charge is 0.251 e. The van der Waals surface area contributed by atoms with E-state index in [2.05, 4.69) is 20.6 Å². The summed E-state index contributed by atoms with van der Waals surface area (Å²) >= 11 is 1.59. The van der Waals surface area contributed by atoms with E-state index >= 15 is 0 Å². The molecule has 21 heavy (non-hydrogen) atoms. The van der Waals surface area contributed by atoms with Gasteiger partial charge in [-0.1, -0.05) is 6.92 Å². The van der Waals surface area contributed by atoms with Crippen molar-refractivity contribution in [2.24, 2.45) is 0 Å². The molecular weight excluding hydrogens is 284 g/mol. The summed E-state index contributed by atoms with van der Waals surface area (Å²) in [6.45, 7) is 7.27. The van der Waals surface area contributed by atoms with Crippen LogP contribution in [-0.2, 0) is 13.0 Å². The van der Waals surface area contributed by atoms with Crippen molar-refractivity contribution in [2.75, 3.05) is 11.9 Å². The lowest BCUT2D eigenvalue weighted by molar-refractivity contribution is 0.0951. The van der Waals surface area contributed by atoms with E-state index in [-0.39, 0.29) is 5.91 Å². The summed E-state index contributed by atoms with van der Waals surface area (Å²) in [6, 6.07) is 3.63. The van der Waals surface area contributed by atoms with Crippen molar-refractivity contribution in [3.05, 3.63) is 39.5 Å². The Hall–Kier alpha value is -1.95. The summed E-state index contributed by atoms with van der Waals surface area (Å²) in [6.07, 6.45) is 2.60. The Kier molecular flexibility index (Phi) is 5.27. The van der Waals surface area contributed by atoms with Gasteiger partial charge in [0.05, 0.1) is 11.6 Å². The Morgan fingerprint density at radius 3 is 2.76 bits per heavy atom. The van der Waals surface area contributed by atoms with E-state index in [0.29, 0.717) is 12.1 Å². The van der Waals surface area contributed by atoms with E-state index in [1.54, 1.807) is 23.6 Å². The van der Waals surface area contributed by atoms with Gasteiger partial charge in [0.15, 0.2) is 0 Å². The molecule has 0 atom stereocenters. The number of carbonyl (C=O) groups excluding carboxylic acids is 1. The Labute approximate surface area is 128 Å². The van der Waals surface area contributed by atoms with Crippen molar-refractivity contribution in [3.8, 4) is 0 Å². The third-order valence-corrected chi connectivity index (χ3v) is 3.87. The summed E-state index contributed by atoms with van der Waals surface area (Å²) in [5.41, 5.74) is 1.55. The molecule has 0 fully saturated rings. The second-order valence-corrected chi connectivity index (χ2v) is 5.96. The van der Waals surface area contributed by atoms with E-state index in [9.17, 15) is 4.79 Å². The number of nitrogens with one attached hydrogen (secondary N) is 2. The van der Waals surface area contributed by atoms with Crippen LogP contribution in [0.1, 0.15) is 39.8 Å². The monoisotopic (exact) mass is 304 g/mol. The number of nitrogens with zero attached hydrogens (tertiary/aromatic N) is 2. The molecule has 0 aliphatic carbocycles. The molecule has 0 saturated heterocycles. The van der Waals surface area contributed by atoms with E-state index in [1.807, 2.05) is 26.8 Å². The lowest BCUT2D eigenvalue weighted by Crippen LogP contribution is -2.23. The highest BCUT2D eigenvalue weighted by Gasteiger charge is 2.10. The van der Waals surface area contributed by atoms with Crippen LogP contribution in [0, 0.1) is 6.92 Å². The van der Waals surface area contributed by atoms with Crippen LogP contribution in [0.15, 0.2) is 18.3 Å². The van der Waals surface area contributed by atoms with Crippen LogP contribution < -0.4 is 10.6 Å². The average molecular weight is 304 g/mol. The molecule has 0 bridgehead atoms. The lowest BCUT2D eigenvalue weighted by atomic mass is 10.2. The first-order valence-corrected chi connectivity index (χ1v) is 7.88. The highest BCUT2D eigenvalue weighted by atomic mass is 32.1. The molecule has 2 aromatic rings. The molecular formula is C15H20N4OS. The Bertz CT molecular complexity index is 624. The number of aryl methyl sites for hydroxylation is 2. The summed E-state index contributed by atoms with van der Waals surface area (Å²) in [5.74, 6) is 0.660.